The van der Waals surface area contributed by atoms with E-state index in [2.05, 4.69) is 0 Å². The zero-order valence-corrected chi connectivity index (χ0v) is 8.62. The molecule has 0 fully saturated rings. The van der Waals surface area contributed by atoms with E-state index in [4.69, 9.17) is 9.47 Å². The van der Waals surface area contributed by atoms with Crippen molar-refractivity contribution in [2.45, 2.75) is 32.8 Å². The molecule has 0 spiro atoms. The first-order valence-electron chi connectivity index (χ1n) is 4.51. The molecule has 0 aromatic carbocycles. The summed E-state index contributed by atoms with van der Waals surface area (Å²) in [4.78, 5) is 22.3. The number of carbonyl (C=O) groups is 2. The molecule has 1 aliphatic rings. The van der Waals surface area contributed by atoms with Crippen molar-refractivity contribution in [3.05, 3.63) is 11.3 Å². The predicted molar refractivity (Wildman–Crippen MR) is 49.5 cm³/mol. The van der Waals surface area contributed by atoms with Gasteiger partial charge in [0.05, 0.1) is 7.11 Å². The van der Waals surface area contributed by atoms with Crippen LogP contribution in [0.5, 0.6) is 0 Å². The summed E-state index contributed by atoms with van der Waals surface area (Å²) in [5, 5.41) is 0. The molecule has 0 N–H and O–H groups in total. The third kappa shape index (κ3) is 2.13. The molecule has 0 aromatic rings. The van der Waals surface area contributed by atoms with Crippen LogP contribution in [0.25, 0.3) is 0 Å². The van der Waals surface area contributed by atoms with Crippen LogP contribution in [0.3, 0.4) is 0 Å². The Bertz CT molecular complexity index is 290. The van der Waals surface area contributed by atoms with Gasteiger partial charge in [0.15, 0.2) is 6.10 Å². The zero-order chi connectivity index (χ0) is 10.7. The normalized spacial score (nSPS) is 22.2. The minimum atomic E-state index is -0.619. The lowest BCUT2D eigenvalue weighted by molar-refractivity contribution is -0.152. The molecule has 0 radical (unpaired) electrons. The minimum Gasteiger partial charge on any atom is -0.501 e. The van der Waals surface area contributed by atoms with Crippen molar-refractivity contribution >= 4 is 11.8 Å². The maximum atomic E-state index is 11.6. The van der Waals surface area contributed by atoms with Crippen molar-refractivity contribution in [2.24, 2.45) is 0 Å². The maximum Gasteiger partial charge on any atom is 0.303 e. The highest BCUT2D eigenvalue weighted by Crippen LogP contribution is 2.24. The summed E-state index contributed by atoms with van der Waals surface area (Å²) in [5.41, 5.74) is 0.560. The van der Waals surface area contributed by atoms with Crippen LogP contribution in [0.1, 0.15) is 26.7 Å². The highest BCUT2D eigenvalue weighted by molar-refractivity contribution is 6.00. The van der Waals surface area contributed by atoms with E-state index >= 15 is 0 Å². The molecule has 0 saturated carbocycles. The van der Waals surface area contributed by atoms with Crippen LogP contribution < -0.4 is 0 Å². The number of esters is 1. The molecule has 4 heteroatoms. The standard InChI is InChI=1S/C10H14O4/c1-6-8(13-3)4-5-9(10(6)12)14-7(2)11/h9H,4-5H2,1-3H3. The van der Waals surface area contributed by atoms with Crippen molar-refractivity contribution in [2.75, 3.05) is 7.11 Å². The topological polar surface area (TPSA) is 52.6 Å². The second-order valence-electron chi connectivity index (χ2n) is 3.25. The number of rotatable bonds is 2. The molecule has 1 unspecified atom stereocenters. The summed E-state index contributed by atoms with van der Waals surface area (Å²) in [6.45, 7) is 3.00. The molecule has 1 aliphatic carbocycles. The minimum absolute atomic E-state index is 0.150. The van der Waals surface area contributed by atoms with E-state index in [0.29, 0.717) is 24.2 Å². The lowest BCUT2D eigenvalue weighted by atomic mass is 9.95. The Hall–Kier alpha value is -1.32. The first-order valence-corrected chi connectivity index (χ1v) is 4.51. The van der Waals surface area contributed by atoms with Crippen LogP contribution >= 0.6 is 0 Å². The summed E-state index contributed by atoms with van der Waals surface area (Å²) >= 11 is 0. The van der Waals surface area contributed by atoms with E-state index in [1.54, 1.807) is 6.92 Å². The molecule has 1 rings (SSSR count). The third-order valence-corrected chi connectivity index (χ3v) is 2.27. The van der Waals surface area contributed by atoms with Crippen molar-refractivity contribution in [1.82, 2.24) is 0 Å². The molecular weight excluding hydrogens is 184 g/mol. The summed E-state index contributed by atoms with van der Waals surface area (Å²) < 4.78 is 9.93. The van der Waals surface area contributed by atoms with Gasteiger partial charge in [-0.2, -0.15) is 0 Å². The number of hydrogen-bond donors (Lipinski definition) is 0. The molecular formula is C10H14O4. The number of Topliss-reactive ketones (excluding diaryl/α,β-unsaturated/α-hetero) is 1. The quantitative estimate of drug-likeness (QED) is 0.625. The van der Waals surface area contributed by atoms with Crippen LogP contribution in [-0.2, 0) is 19.1 Å². The van der Waals surface area contributed by atoms with E-state index < -0.39 is 12.1 Å². The smallest absolute Gasteiger partial charge is 0.303 e. The van der Waals surface area contributed by atoms with Gasteiger partial charge >= 0.3 is 5.97 Å². The van der Waals surface area contributed by atoms with Crippen LogP contribution in [0.15, 0.2) is 11.3 Å². The van der Waals surface area contributed by atoms with E-state index in [0.717, 1.165) is 0 Å². The van der Waals surface area contributed by atoms with Gasteiger partial charge in [-0.25, -0.2) is 0 Å². The Morgan fingerprint density at radius 1 is 1.50 bits per heavy atom. The van der Waals surface area contributed by atoms with Crippen LogP contribution in [0, 0.1) is 0 Å². The average Bonchev–Trinajstić information content (AvgIpc) is 2.13. The predicted octanol–water partition coefficient (Wildman–Crippen LogP) is 1.20. The number of carbonyl (C=O) groups excluding carboxylic acids is 2. The Morgan fingerprint density at radius 3 is 2.64 bits per heavy atom. The number of methoxy groups -OCH3 is 1. The van der Waals surface area contributed by atoms with Gasteiger partial charge in [0, 0.05) is 18.9 Å². The van der Waals surface area contributed by atoms with Crippen LogP contribution in [0.2, 0.25) is 0 Å². The lowest BCUT2D eigenvalue weighted by Crippen LogP contribution is -2.31. The summed E-state index contributed by atoms with van der Waals surface area (Å²) in [6.07, 6.45) is 0.539. The fourth-order valence-corrected chi connectivity index (χ4v) is 1.53. The third-order valence-electron chi connectivity index (χ3n) is 2.27. The Kier molecular flexibility index (Phi) is 3.28. The molecule has 78 valence electrons. The van der Waals surface area contributed by atoms with E-state index in [9.17, 15) is 9.59 Å². The first kappa shape index (κ1) is 10.8. The molecule has 1 atom stereocenters. The molecule has 0 saturated heterocycles. The number of ether oxygens (including phenoxy) is 2. The highest BCUT2D eigenvalue weighted by Gasteiger charge is 2.29. The van der Waals surface area contributed by atoms with E-state index in [1.807, 2.05) is 0 Å². The summed E-state index contributed by atoms with van der Waals surface area (Å²) in [6, 6.07) is 0. The zero-order valence-electron chi connectivity index (χ0n) is 8.62. The monoisotopic (exact) mass is 198 g/mol. The van der Waals surface area contributed by atoms with Crippen LogP contribution in [0.4, 0.5) is 0 Å². The Balaban J connectivity index is 2.76. The van der Waals surface area contributed by atoms with Gasteiger partial charge in [-0.05, 0) is 13.3 Å². The van der Waals surface area contributed by atoms with Crippen molar-refractivity contribution in [3.63, 3.8) is 0 Å². The molecule has 0 heterocycles. The first-order chi connectivity index (χ1) is 6.56. The van der Waals surface area contributed by atoms with E-state index in [-0.39, 0.29) is 5.78 Å². The molecule has 0 aliphatic heterocycles. The van der Waals surface area contributed by atoms with Gasteiger partial charge in [-0.15, -0.1) is 0 Å². The SMILES string of the molecule is COC1=C(C)C(=O)C(OC(C)=O)CC1. The molecule has 0 aromatic heterocycles. The number of allylic oxidation sites excluding steroid dienone is 1. The molecule has 0 amide bonds. The largest absolute Gasteiger partial charge is 0.501 e. The molecule has 14 heavy (non-hydrogen) atoms. The maximum absolute atomic E-state index is 11.6. The van der Waals surface area contributed by atoms with E-state index in [1.165, 1.54) is 14.0 Å². The van der Waals surface area contributed by atoms with Gasteiger partial charge in [0.25, 0.3) is 0 Å². The summed E-state index contributed by atoms with van der Waals surface area (Å²) in [5.74, 6) is 0.124. The highest BCUT2D eigenvalue weighted by atomic mass is 16.5. The average molecular weight is 198 g/mol. The fourth-order valence-electron chi connectivity index (χ4n) is 1.53. The van der Waals surface area contributed by atoms with Gasteiger partial charge in [-0.3, -0.25) is 9.59 Å². The Labute approximate surface area is 82.9 Å². The van der Waals surface area contributed by atoms with Gasteiger partial charge in [-0.1, -0.05) is 0 Å². The number of ketones is 1. The fraction of sp³-hybridized carbons (Fsp3) is 0.600. The molecule has 4 nitrogen and oxygen atoms in total. The van der Waals surface area contributed by atoms with Crippen molar-refractivity contribution in [1.29, 1.82) is 0 Å². The second-order valence-corrected chi connectivity index (χ2v) is 3.25. The lowest BCUT2D eigenvalue weighted by Gasteiger charge is -2.22. The number of hydrogen-bond acceptors (Lipinski definition) is 4. The van der Waals surface area contributed by atoms with Crippen molar-refractivity contribution < 1.29 is 19.1 Å². The van der Waals surface area contributed by atoms with Gasteiger partial charge in [0.1, 0.15) is 5.76 Å². The second kappa shape index (κ2) is 4.26. The summed E-state index contributed by atoms with van der Waals surface area (Å²) in [7, 11) is 1.54. The van der Waals surface area contributed by atoms with Crippen molar-refractivity contribution in [3.8, 4) is 0 Å². The van der Waals surface area contributed by atoms with Crippen LogP contribution in [-0.4, -0.2) is 25.0 Å². The Morgan fingerprint density at radius 2 is 2.14 bits per heavy atom. The molecule has 0 bridgehead atoms. The van der Waals surface area contributed by atoms with Gasteiger partial charge < -0.3 is 9.47 Å². The van der Waals surface area contributed by atoms with Gasteiger partial charge in [0.2, 0.25) is 5.78 Å².